The summed E-state index contributed by atoms with van der Waals surface area (Å²) in [6.45, 7) is 15.2. The monoisotopic (exact) mass is 469 g/mol. The summed E-state index contributed by atoms with van der Waals surface area (Å²) < 4.78 is 35.3. The van der Waals surface area contributed by atoms with Crippen LogP contribution >= 0.6 is 0 Å². The van der Waals surface area contributed by atoms with Gasteiger partial charge in [-0.25, -0.2) is 0 Å². The van der Waals surface area contributed by atoms with E-state index in [0.29, 0.717) is 24.7 Å². The molecule has 34 heavy (non-hydrogen) atoms. The molecule has 4 rings (SSSR count). The van der Waals surface area contributed by atoms with Crippen molar-refractivity contribution in [2.75, 3.05) is 32.8 Å². The summed E-state index contributed by atoms with van der Waals surface area (Å²) in [4.78, 5) is 2.34. The molecule has 0 N–H and O–H groups in total. The van der Waals surface area contributed by atoms with Gasteiger partial charge in [-0.3, -0.25) is 4.90 Å². The second kappa shape index (κ2) is 10.1. The molecule has 2 aromatic carbocycles. The standard InChI is InChI=1S/C27H35NO6/c1-6-15-28(16-9-18-29-20-11-7-13-22-24(20)33-26(2,3)31-22)17-10-19-30-21-12-8-14-23-25(21)34-27(4,5)32-23/h6-8,11-14H,1,9-10,15-19H2,2-5H3. The van der Waals surface area contributed by atoms with Crippen LogP contribution in [0.1, 0.15) is 40.5 Å². The third kappa shape index (κ3) is 5.89. The zero-order valence-electron chi connectivity index (χ0n) is 20.6. The largest absolute Gasteiger partial charge is 0.489 e. The number of hydrogen-bond acceptors (Lipinski definition) is 7. The first-order valence-electron chi connectivity index (χ1n) is 11.9. The van der Waals surface area contributed by atoms with Crippen LogP contribution in [0.15, 0.2) is 49.1 Å². The van der Waals surface area contributed by atoms with E-state index < -0.39 is 11.6 Å². The number of ether oxygens (including phenoxy) is 6. The highest BCUT2D eigenvalue weighted by Gasteiger charge is 2.35. The van der Waals surface area contributed by atoms with Gasteiger partial charge in [0.15, 0.2) is 23.0 Å². The van der Waals surface area contributed by atoms with Crippen molar-refractivity contribution in [3.63, 3.8) is 0 Å². The Morgan fingerprint density at radius 3 is 1.68 bits per heavy atom. The molecule has 0 fully saturated rings. The predicted octanol–water partition coefficient (Wildman–Crippen LogP) is 5.43. The van der Waals surface area contributed by atoms with Crippen LogP contribution in [-0.4, -0.2) is 49.3 Å². The number of rotatable bonds is 12. The van der Waals surface area contributed by atoms with Crippen LogP contribution < -0.4 is 28.4 Å². The number of hydrogen-bond donors (Lipinski definition) is 0. The number of benzene rings is 2. The van der Waals surface area contributed by atoms with Crippen molar-refractivity contribution >= 4 is 0 Å². The predicted molar refractivity (Wildman–Crippen MR) is 130 cm³/mol. The zero-order chi connectivity index (χ0) is 24.2. The first-order valence-corrected chi connectivity index (χ1v) is 11.9. The summed E-state index contributed by atoms with van der Waals surface area (Å²) in [5.41, 5.74) is 0. The maximum absolute atomic E-state index is 6.01. The molecule has 0 saturated carbocycles. The minimum Gasteiger partial charge on any atom is -0.489 e. The summed E-state index contributed by atoms with van der Waals surface area (Å²) in [5.74, 6) is 2.91. The Labute approximate surface area is 202 Å². The van der Waals surface area contributed by atoms with Crippen molar-refractivity contribution < 1.29 is 28.4 Å². The molecule has 2 aliphatic rings. The molecule has 0 saturated heterocycles. The molecule has 0 radical (unpaired) electrons. The molecule has 0 spiro atoms. The molecule has 2 aromatic rings. The van der Waals surface area contributed by atoms with E-state index in [1.807, 2.05) is 70.2 Å². The van der Waals surface area contributed by atoms with E-state index in [9.17, 15) is 0 Å². The molecule has 7 nitrogen and oxygen atoms in total. The molecular formula is C27H35NO6. The molecule has 2 aliphatic heterocycles. The van der Waals surface area contributed by atoms with E-state index in [2.05, 4.69) is 11.5 Å². The number of para-hydroxylation sites is 2. The average Bonchev–Trinajstić information content (AvgIpc) is 3.27. The first kappa shape index (κ1) is 24.1. The van der Waals surface area contributed by atoms with Gasteiger partial charge in [0, 0.05) is 47.3 Å². The van der Waals surface area contributed by atoms with E-state index in [1.54, 1.807) is 0 Å². The lowest BCUT2D eigenvalue weighted by Gasteiger charge is -2.21. The van der Waals surface area contributed by atoms with Gasteiger partial charge in [-0.05, 0) is 37.1 Å². The Morgan fingerprint density at radius 2 is 1.24 bits per heavy atom. The Morgan fingerprint density at radius 1 is 0.765 bits per heavy atom. The van der Waals surface area contributed by atoms with Crippen molar-refractivity contribution in [1.82, 2.24) is 4.90 Å². The van der Waals surface area contributed by atoms with Gasteiger partial charge in [-0.2, -0.15) is 0 Å². The van der Waals surface area contributed by atoms with Gasteiger partial charge < -0.3 is 28.4 Å². The summed E-state index contributed by atoms with van der Waals surface area (Å²) in [5, 5.41) is 0. The van der Waals surface area contributed by atoms with Crippen LogP contribution in [0, 0.1) is 0 Å². The van der Waals surface area contributed by atoms with Gasteiger partial charge in [-0.15, -0.1) is 6.58 Å². The average molecular weight is 470 g/mol. The number of fused-ring (bicyclic) bond motifs is 2. The highest BCUT2D eigenvalue weighted by Crippen LogP contribution is 2.46. The molecule has 0 aromatic heterocycles. The van der Waals surface area contributed by atoms with E-state index in [4.69, 9.17) is 28.4 Å². The number of nitrogens with zero attached hydrogens (tertiary/aromatic N) is 1. The molecular weight excluding hydrogens is 434 g/mol. The quantitative estimate of drug-likeness (QED) is 0.304. The van der Waals surface area contributed by atoms with Gasteiger partial charge in [0.2, 0.25) is 23.1 Å². The fourth-order valence-electron chi connectivity index (χ4n) is 4.06. The van der Waals surface area contributed by atoms with Gasteiger partial charge in [0.25, 0.3) is 0 Å². The van der Waals surface area contributed by atoms with Crippen LogP contribution in [0.25, 0.3) is 0 Å². The summed E-state index contributed by atoms with van der Waals surface area (Å²) in [6, 6.07) is 11.5. The van der Waals surface area contributed by atoms with Crippen molar-refractivity contribution in [3.8, 4) is 34.5 Å². The lowest BCUT2D eigenvalue weighted by atomic mass is 10.3. The molecule has 0 bridgehead atoms. The smallest absolute Gasteiger partial charge is 0.246 e. The Hall–Kier alpha value is -3.06. The van der Waals surface area contributed by atoms with E-state index >= 15 is 0 Å². The normalized spacial score (nSPS) is 16.5. The molecule has 0 amide bonds. The lowest BCUT2D eigenvalue weighted by molar-refractivity contribution is -0.0446. The van der Waals surface area contributed by atoms with Crippen molar-refractivity contribution in [2.45, 2.75) is 52.1 Å². The summed E-state index contributed by atoms with van der Waals surface area (Å²) in [7, 11) is 0. The van der Waals surface area contributed by atoms with Gasteiger partial charge in [0.1, 0.15) is 0 Å². The SMILES string of the molecule is C=CCN(CCCOc1cccc2c1OC(C)(C)O2)CCCOc1cccc2c1OC(C)(C)O2. The van der Waals surface area contributed by atoms with Gasteiger partial charge in [0.05, 0.1) is 13.2 Å². The third-order valence-electron chi connectivity index (χ3n) is 5.43. The zero-order valence-corrected chi connectivity index (χ0v) is 20.6. The van der Waals surface area contributed by atoms with Crippen LogP contribution in [0.3, 0.4) is 0 Å². The summed E-state index contributed by atoms with van der Waals surface area (Å²) in [6.07, 6.45) is 3.69. The van der Waals surface area contributed by atoms with Crippen molar-refractivity contribution in [1.29, 1.82) is 0 Å². The molecule has 7 heteroatoms. The molecule has 0 aliphatic carbocycles. The minimum absolute atomic E-state index is 0.591. The second-order valence-electron chi connectivity index (χ2n) is 9.37. The fraction of sp³-hybridized carbons (Fsp3) is 0.481. The van der Waals surface area contributed by atoms with Crippen LogP contribution in [-0.2, 0) is 0 Å². The topological polar surface area (TPSA) is 58.6 Å². The van der Waals surface area contributed by atoms with Crippen LogP contribution in [0.4, 0.5) is 0 Å². The molecule has 184 valence electrons. The minimum atomic E-state index is -0.667. The van der Waals surface area contributed by atoms with Crippen LogP contribution in [0.5, 0.6) is 34.5 Å². The molecule has 0 unspecified atom stereocenters. The van der Waals surface area contributed by atoms with Crippen LogP contribution in [0.2, 0.25) is 0 Å². The maximum atomic E-state index is 6.01. The molecule has 0 atom stereocenters. The first-order chi connectivity index (χ1) is 16.3. The Balaban J connectivity index is 1.20. The second-order valence-corrected chi connectivity index (χ2v) is 9.37. The summed E-state index contributed by atoms with van der Waals surface area (Å²) >= 11 is 0. The highest BCUT2D eigenvalue weighted by molar-refractivity contribution is 5.54. The third-order valence-corrected chi connectivity index (χ3v) is 5.43. The fourth-order valence-corrected chi connectivity index (χ4v) is 4.06. The van der Waals surface area contributed by atoms with E-state index in [0.717, 1.165) is 55.5 Å². The Bertz CT molecular complexity index is 927. The highest BCUT2D eigenvalue weighted by atomic mass is 16.7. The van der Waals surface area contributed by atoms with E-state index in [1.165, 1.54) is 0 Å². The Kier molecular flexibility index (Phi) is 7.12. The van der Waals surface area contributed by atoms with Crippen molar-refractivity contribution in [2.24, 2.45) is 0 Å². The maximum Gasteiger partial charge on any atom is 0.246 e. The van der Waals surface area contributed by atoms with Crippen molar-refractivity contribution in [3.05, 3.63) is 49.1 Å². The molecule has 2 heterocycles. The van der Waals surface area contributed by atoms with E-state index in [-0.39, 0.29) is 0 Å². The van der Waals surface area contributed by atoms with Gasteiger partial charge >= 0.3 is 0 Å². The lowest BCUT2D eigenvalue weighted by Crippen LogP contribution is -2.30. The van der Waals surface area contributed by atoms with Gasteiger partial charge in [-0.1, -0.05) is 18.2 Å².